The van der Waals surface area contributed by atoms with Crippen LogP contribution in [0.1, 0.15) is 18.9 Å². The first kappa shape index (κ1) is 13.6. The molecule has 0 aliphatic heterocycles. The Kier molecular flexibility index (Phi) is 3.82. The minimum absolute atomic E-state index is 0.926. The Morgan fingerprint density at radius 2 is 1.81 bits per heavy atom. The van der Waals surface area contributed by atoms with Crippen LogP contribution < -0.4 is 5.32 Å². The predicted octanol–water partition coefficient (Wildman–Crippen LogP) is 4.29. The van der Waals surface area contributed by atoms with E-state index in [1.807, 2.05) is 7.05 Å². The van der Waals surface area contributed by atoms with E-state index in [2.05, 4.69) is 64.7 Å². The number of hydrogen-bond donors (Lipinski definition) is 1. The van der Waals surface area contributed by atoms with Gasteiger partial charge in [0.05, 0.1) is 5.69 Å². The van der Waals surface area contributed by atoms with Crippen molar-refractivity contribution in [3.05, 3.63) is 54.4 Å². The third-order valence-corrected chi connectivity index (χ3v) is 3.71. The van der Waals surface area contributed by atoms with Crippen molar-refractivity contribution >= 4 is 16.6 Å². The molecule has 0 saturated carbocycles. The number of anilines is 1. The van der Waals surface area contributed by atoms with Gasteiger partial charge < -0.3 is 5.32 Å². The predicted molar refractivity (Wildman–Crippen MR) is 88.5 cm³/mol. The van der Waals surface area contributed by atoms with Crippen LogP contribution in [0.3, 0.4) is 0 Å². The van der Waals surface area contributed by atoms with E-state index in [0.717, 1.165) is 29.9 Å². The highest BCUT2D eigenvalue weighted by Crippen LogP contribution is 2.29. The summed E-state index contributed by atoms with van der Waals surface area (Å²) in [4.78, 5) is 8.87. The summed E-state index contributed by atoms with van der Waals surface area (Å²) in [5.41, 5.74) is 3.37. The van der Waals surface area contributed by atoms with Crippen LogP contribution in [0, 0.1) is 0 Å². The molecule has 0 radical (unpaired) electrons. The maximum Gasteiger partial charge on any atom is 0.132 e. The fourth-order valence-corrected chi connectivity index (χ4v) is 2.70. The lowest BCUT2D eigenvalue weighted by atomic mass is 10.00. The van der Waals surface area contributed by atoms with Gasteiger partial charge in [0.15, 0.2) is 0 Å². The van der Waals surface area contributed by atoms with Gasteiger partial charge in [-0.3, -0.25) is 0 Å². The fraction of sp³-hybridized carbons (Fsp3) is 0.222. The van der Waals surface area contributed by atoms with E-state index < -0.39 is 0 Å². The molecule has 0 bridgehead atoms. The first-order valence-electron chi connectivity index (χ1n) is 7.34. The largest absolute Gasteiger partial charge is 0.373 e. The summed E-state index contributed by atoms with van der Waals surface area (Å²) >= 11 is 0. The summed E-state index contributed by atoms with van der Waals surface area (Å²) in [6.07, 6.45) is 3.68. The molecule has 0 aliphatic rings. The Balaban J connectivity index is 2.17. The van der Waals surface area contributed by atoms with Gasteiger partial charge in [-0.1, -0.05) is 49.7 Å². The molecule has 0 aliphatic carbocycles. The molecule has 3 nitrogen and oxygen atoms in total. The molecule has 0 fully saturated rings. The van der Waals surface area contributed by atoms with Crippen LogP contribution in [0.25, 0.3) is 22.0 Å². The number of rotatable bonds is 4. The van der Waals surface area contributed by atoms with Crippen LogP contribution in [0.2, 0.25) is 0 Å². The van der Waals surface area contributed by atoms with Crippen LogP contribution >= 0.6 is 0 Å². The zero-order valence-corrected chi connectivity index (χ0v) is 12.4. The minimum Gasteiger partial charge on any atom is -0.373 e. The van der Waals surface area contributed by atoms with Crippen LogP contribution in [-0.4, -0.2) is 17.0 Å². The van der Waals surface area contributed by atoms with E-state index >= 15 is 0 Å². The highest BCUT2D eigenvalue weighted by atomic mass is 15.0. The second-order valence-corrected chi connectivity index (χ2v) is 5.11. The zero-order valence-electron chi connectivity index (χ0n) is 12.4. The molecule has 106 valence electrons. The lowest BCUT2D eigenvalue weighted by molar-refractivity contribution is 0.906. The first-order valence-corrected chi connectivity index (χ1v) is 7.34. The van der Waals surface area contributed by atoms with Crippen molar-refractivity contribution in [2.45, 2.75) is 19.8 Å². The second kappa shape index (κ2) is 5.92. The van der Waals surface area contributed by atoms with Crippen LogP contribution in [0.5, 0.6) is 0 Å². The number of fused-ring (bicyclic) bond motifs is 1. The molecule has 1 N–H and O–H groups in total. The monoisotopic (exact) mass is 277 g/mol. The Morgan fingerprint density at radius 3 is 2.57 bits per heavy atom. The molecular formula is C18H19N3. The zero-order chi connectivity index (χ0) is 14.7. The molecule has 3 aromatic rings. The number of nitrogens with one attached hydrogen (secondary N) is 1. The van der Waals surface area contributed by atoms with Crippen molar-refractivity contribution < 1.29 is 0 Å². The van der Waals surface area contributed by atoms with E-state index in [9.17, 15) is 0 Å². The number of nitrogens with zero attached hydrogens (tertiary/aromatic N) is 2. The van der Waals surface area contributed by atoms with Gasteiger partial charge in [0.1, 0.15) is 12.1 Å². The molecule has 0 spiro atoms. The summed E-state index contributed by atoms with van der Waals surface area (Å²) in [6, 6.07) is 14.9. The van der Waals surface area contributed by atoms with E-state index in [1.54, 1.807) is 6.33 Å². The van der Waals surface area contributed by atoms with Gasteiger partial charge in [-0.05, 0) is 23.3 Å². The second-order valence-electron chi connectivity index (χ2n) is 5.11. The van der Waals surface area contributed by atoms with Crippen molar-refractivity contribution in [2.75, 3.05) is 12.4 Å². The third-order valence-electron chi connectivity index (χ3n) is 3.71. The molecule has 1 heterocycles. The van der Waals surface area contributed by atoms with Gasteiger partial charge in [-0.2, -0.15) is 0 Å². The van der Waals surface area contributed by atoms with Gasteiger partial charge in [-0.15, -0.1) is 0 Å². The maximum absolute atomic E-state index is 4.53. The maximum atomic E-state index is 4.53. The molecule has 2 aromatic carbocycles. The van der Waals surface area contributed by atoms with Crippen molar-refractivity contribution in [3.8, 4) is 11.3 Å². The molecule has 0 atom stereocenters. The fourth-order valence-electron chi connectivity index (χ4n) is 2.70. The van der Waals surface area contributed by atoms with Crippen molar-refractivity contribution in [1.29, 1.82) is 0 Å². The summed E-state index contributed by atoms with van der Waals surface area (Å²) in [6.45, 7) is 2.18. The summed E-state index contributed by atoms with van der Waals surface area (Å²) in [5.74, 6) is 0.926. The van der Waals surface area contributed by atoms with Crippen molar-refractivity contribution in [3.63, 3.8) is 0 Å². The molecule has 3 rings (SSSR count). The van der Waals surface area contributed by atoms with Crippen LogP contribution in [-0.2, 0) is 6.42 Å². The van der Waals surface area contributed by atoms with Gasteiger partial charge in [-0.25, -0.2) is 9.97 Å². The van der Waals surface area contributed by atoms with Gasteiger partial charge in [0.2, 0.25) is 0 Å². The Bertz CT molecular complexity index is 765. The molecule has 21 heavy (non-hydrogen) atoms. The number of hydrogen-bond acceptors (Lipinski definition) is 3. The van der Waals surface area contributed by atoms with Crippen molar-refractivity contribution in [2.24, 2.45) is 0 Å². The highest BCUT2D eigenvalue weighted by molar-refractivity contribution is 5.87. The summed E-state index contributed by atoms with van der Waals surface area (Å²) < 4.78 is 0. The van der Waals surface area contributed by atoms with E-state index in [0.29, 0.717) is 0 Å². The third kappa shape index (κ3) is 2.59. The molecule has 0 unspecified atom stereocenters. The quantitative estimate of drug-likeness (QED) is 0.773. The molecule has 0 amide bonds. The van der Waals surface area contributed by atoms with Gasteiger partial charge in [0, 0.05) is 18.2 Å². The normalized spacial score (nSPS) is 10.8. The molecule has 3 heteroatoms. The van der Waals surface area contributed by atoms with Crippen LogP contribution in [0.4, 0.5) is 5.82 Å². The highest BCUT2D eigenvalue weighted by Gasteiger charge is 2.11. The SMILES string of the molecule is CCCc1c(NC)ncnc1-c1ccc2ccccc2c1. The van der Waals surface area contributed by atoms with E-state index in [-0.39, 0.29) is 0 Å². The Labute approximate surface area is 125 Å². The van der Waals surface area contributed by atoms with Gasteiger partial charge in [0.25, 0.3) is 0 Å². The average molecular weight is 277 g/mol. The number of benzene rings is 2. The lowest BCUT2D eigenvalue weighted by Gasteiger charge is -2.12. The Morgan fingerprint density at radius 1 is 1.00 bits per heavy atom. The van der Waals surface area contributed by atoms with Crippen LogP contribution in [0.15, 0.2) is 48.8 Å². The summed E-state index contributed by atoms with van der Waals surface area (Å²) in [7, 11) is 1.91. The lowest BCUT2D eigenvalue weighted by Crippen LogP contribution is -2.03. The topological polar surface area (TPSA) is 37.8 Å². The molecule has 1 aromatic heterocycles. The van der Waals surface area contributed by atoms with Crippen molar-refractivity contribution in [1.82, 2.24) is 9.97 Å². The first-order chi connectivity index (χ1) is 10.3. The number of aromatic nitrogens is 2. The average Bonchev–Trinajstić information content (AvgIpc) is 2.55. The minimum atomic E-state index is 0.926. The van der Waals surface area contributed by atoms with E-state index in [4.69, 9.17) is 0 Å². The van der Waals surface area contributed by atoms with E-state index in [1.165, 1.54) is 16.3 Å². The van der Waals surface area contributed by atoms with Gasteiger partial charge >= 0.3 is 0 Å². The smallest absolute Gasteiger partial charge is 0.132 e. The standard InChI is InChI=1S/C18H19N3/c1-3-6-16-17(20-12-21-18(16)19-2)15-10-9-13-7-4-5-8-14(13)11-15/h4-5,7-12H,3,6H2,1-2H3,(H,19,20,21). The molecular weight excluding hydrogens is 258 g/mol. The Hall–Kier alpha value is -2.42. The summed E-state index contributed by atoms with van der Waals surface area (Å²) in [5, 5.41) is 5.67. The molecule has 0 saturated heterocycles.